The summed E-state index contributed by atoms with van der Waals surface area (Å²) in [7, 11) is -1.23. The number of likely N-dealkylation sites (N-methyl/N-ethyl adjacent to an activating group) is 1. The smallest absolute Gasteiger partial charge is 0.303 e. The second-order valence-electron chi connectivity index (χ2n) is 5.51. The van der Waals surface area contributed by atoms with E-state index < -0.39 is 16.0 Å². The lowest BCUT2D eigenvalue weighted by Crippen LogP contribution is -2.40. The Hall–Kier alpha value is -0.660. The summed E-state index contributed by atoms with van der Waals surface area (Å²) in [5.41, 5.74) is 0. The molecule has 110 valence electrons. The predicted molar refractivity (Wildman–Crippen MR) is 71.4 cm³/mol. The van der Waals surface area contributed by atoms with Crippen LogP contribution in [0.4, 0.5) is 0 Å². The van der Waals surface area contributed by atoms with Gasteiger partial charge in [-0.3, -0.25) is 9.69 Å². The molecule has 0 radical (unpaired) electrons. The fraction of sp³-hybridized carbons (Fsp3) is 0.917. The van der Waals surface area contributed by atoms with Crippen LogP contribution in [0.5, 0.6) is 0 Å². The van der Waals surface area contributed by atoms with Crippen molar-refractivity contribution in [1.82, 2.24) is 9.21 Å². The molecule has 2 rings (SSSR count). The summed E-state index contributed by atoms with van der Waals surface area (Å²) in [5.74, 6) is -0.995. The summed E-state index contributed by atoms with van der Waals surface area (Å²) < 4.78 is 26.0. The predicted octanol–water partition coefficient (Wildman–Crippen LogP) is 0.350. The lowest BCUT2D eigenvalue weighted by molar-refractivity contribution is -0.137. The van der Waals surface area contributed by atoms with Gasteiger partial charge in [-0.1, -0.05) is 0 Å². The highest BCUT2D eigenvalue weighted by atomic mass is 32.2. The molecular weight excluding hydrogens is 268 g/mol. The zero-order chi connectivity index (χ0) is 14.0. The topological polar surface area (TPSA) is 77.9 Å². The van der Waals surface area contributed by atoms with Crippen molar-refractivity contribution < 1.29 is 18.3 Å². The lowest BCUT2D eigenvalue weighted by atomic mass is 10.1. The molecule has 2 saturated heterocycles. The molecule has 2 fully saturated rings. The van der Waals surface area contributed by atoms with Gasteiger partial charge in [0, 0.05) is 31.6 Å². The Labute approximate surface area is 114 Å². The number of aliphatic carboxylic acids is 1. The summed E-state index contributed by atoms with van der Waals surface area (Å²) in [6, 6.07) is 0.825. The summed E-state index contributed by atoms with van der Waals surface area (Å²) in [4.78, 5) is 12.7. The summed E-state index contributed by atoms with van der Waals surface area (Å²) in [6.07, 6.45) is 3.21. The van der Waals surface area contributed by atoms with Gasteiger partial charge in [0.25, 0.3) is 0 Å². The van der Waals surface area contributed by atoms with Gasteiger partial charge in [-0.15, -0.1) is 0 Å². The number of sulfonamides is 1. The van der Waals surface area contributed by atoms with Crippen molar-refractivity contribution in [2.45, 2.75) is 44.2 Å². The molecule has 2 atom stereocenters. The third-order valence-electron chi connectivity index (χ3n) is 4.30. The van der Waals surface area contributed by atoms with Crippen molar-refractivity contribution in [2.24, 2.45) is 0 Å². The number of nitrogens with zero attached hydrogens (tertiary/aromatic N) is 2. The van der Waals surface area contributed by atoms with Gasteiger partial charge in [0.2, 0.25) is 10.0 Å². The van der Waals surface area contributed by atoms with Crippen molar-refractivity contribution in [2.75, 3.05) is 25.9 Å². The molecule has 7 heteroatoms. The Balaban J connectivity index is 1.95. The van der Waals surface area contributed by atoms with Gasteiger partial charge in [0.05, 0.1) is 5.75 Å². The Morgan fingerprint density at radius 3 is 2.63 bits per heavy atom. The number of carboxylic acid groups (broad SMARTS) is 1. The van der Waals surface area contributed by atoms with Crippen LogP contribution in [0.2, 0.25) is 0 Å². The maximum atomic E-state index is 12.2. The summed E-state index contributed by atoms with van der Waals surface area (Å²) in [6.45, 7) is 1.13. The minimum absolute atomic E-state index is 0.0552. The molecule has 0 aromatic heterocycles. The second kappa shape index (κ2) is 5.76. The molecule has 19 heavy (non-hydrogen) atoms. The van der Waals surface area contributed by atoms with Crippen LogP contribution < -0.4 is 0 Å². The first kappa shape index (κ1) is 14.7. The van der Waals surface area contributed by atoms with Crippen LogP contribution in [0.25, 0.3) is 0 Å². The van der Waals surface area contributed by atoms with E-state index in [2.05, 4.69) is 11.9 Å². The van der Waals surface area contributed by atoms with Crippen molar-refractivity contribution >= 4 is 16.0 Å². The van der Waals surface area contributed by atoms with E-state index in [0.717, 1.165) is 19.3 Å². The van der Waals surface area contributed by atoms with Crippen molar-refractivity contribution in [3.05, 3.63) is 0 Å². The number of rotatable bonds is 5. The number of hydrogen-bond acceptors (Lipinski definition) is 4. The van der Waals surface area contributed by atoms with Gasteiger partial charge in [0.1, 0.15) is 0 Å². The average Bonchev–Trinajstić information content (AvgIpc) is 2.51. The number of carboxylic acids is 1. The van der Waals surface area contributed by atoms with E-state index >= 15 is 0 Å². The molecule has 6 nitrogen and oxygen atoms in total. The highest BCUT2D eigenvalue weighted by Crippen LogP contribution is 2.29. The first-order valence-corrected chi connectivity index (χ1v) is 8.42. The summed E-state index contributed by atoms with van der Waals surface area (Å²) in [5, 5.41) is 8.57. The van der Waals surface area contributed by atoms with Crippen LogP contribution in [-0.4, -0.2) is 66.7 Å². The first-order valence-electron chi connectivity index (χ1n) is 6.81. The zero-order valence-corrected chi connectivity index (χ0v) is 12.1. The maximum absolute atomic E-state index is 12.2. The molecule has 2 bridgehead atoms. The van der Waals surface area contributed by atoms with Crippen LogP contribution >= 0.6 is 0 Å². The van der Waals surface area contributed by atoms with Gasteiger partial charge in [-0.25, -0.2) is 12.7 Å². The zero-order valence-electron chi connectivity index (χ0n) is 11.3. The third kappa shape index (κ3) is 3.46. The fourth-order valence-corrected chi connectivity index (χ4v) is 4.62. The van der Waals surface area contributed by atoms with E-state index in [9.17, 15) is 13.2 Å². The van der Waals surface area contributed by atoms with Crippen LogP contribution in [0.1, 0.15) is 32.1 Å². The van der Waals surface area contributed by atoms with E-state index in [4.69, 9.17) is 5.11 Å². The van der Waals surface area contributed by atoms with Gasteiger partial charge in [-0.05, 0) is 32.7 Å². The molecule has 0 amide bonds. The molecule has 2 aliphatic rings. The van der Waals surface area contributed by atoms with Crippen molar-refractivity contribution in [3.8, 4) is 0 Å². The Kier molecular flexibility index (Phi) is 4.47. The van der Waals surface area contributed by atoms with E-state index in [1.165, 1.54) is 0 Å². The Morgan fingerprint density at radius 2 is 1.95 bits per heavy atom. The van der Waals surface area contributed by atoms with Crippen molar-refractivity contribution in [3.63, 3.8) is 0 Å². The Bertz CT molecular complexity index is 437. The fourth-order valence-electron chi connectivity index (χ4n) is 3.07. The van der Waals surface area contributed by atoms with Gasteiger partial charge in [-0.2, -0.15) is 0 Å². The molecule has 0 spiro atoms. The highest BCUT2D eigenvalue weighted by Gasteiger charge is 2.37. The summed E-state index contributed by atoms with van der Waals surface area (Å²) >= 11 is 0. The largest absolute Gasteiger partial charge is 0.481 e. The van der Waals surface area contributed by atoms with Crippen molar-refractivity contribution in [1.29, 1.82) is 0 Å². The molecule has 0 aromatic rings. The van der Waals surface area contributed by atoms with Gasteiger partial charge in [0.15, 0.2) is 0 Å². The molecule has 2 heterocycles. The molecular formula is C12H22N2O4S. The SMILES string of the molecule is CN1C2CCC1CN(S(=O)(=O)CCCC(=O)O)CC2. The van der Waals surface area contributed by atoms with Gasteiger partial charge < -0.3 is 5.11 Å². The third-order valence-corrected chi connectivity index (χ3v) is 6.22. The lowest BCUT2D eigenvalue weighted by Gasteiger charge is -2.25. The monoisotopic (exact) mass is 290 g/mol. The number of fused-ring (bicyclic) bond motifs is 2. The molecule has 0 aromatic carbocycles. The first-order chi connectivity index (χ1) is 8.90. The van der Waals surface area contributed by atoms with Crippen LogP contribution in [0.15, 0.2) is 0 Å². The standard InChI is InChI=1S/C12H22N2O4S/c1-13-10-4-5-11(13)9-14(7-6-10)19(17,18)8-2-3-12(15)16/h10-11H,2-9H2,1H3,(H,15,16). The minimum Gasteiger partial charge on any atom is -0.481 e. The molecule has 1 N–H and O–H groups in total. The second-order valence-corrected chi connectivity index (χ2v) is 7.60. The molecule has 0 saturated carbocycles. The maximum Gasteiger partial charge on any atom is 0.303 e. The van der Waals surface area contributed by atoms with Crippen LogP contribution in [0, 0.1) is 0 Å². The average molecular weight is 290 g/mol. The molecule has 2 unspecified atom stereocenters. The van der Waals surface area contributed by atoms with E-state index in [1.807, 2.05) is 0 Å². The highest BCUT2D eigenvalue weighted by molar-refractivity contribution is 7.89. The van der Waals surface area contributed by atoms with Crippen LogP contribution in [-0.2, 0) is 14.8 Å². The minimum atomic E-state index is -3.30. The van der Waals surface area contributed by atoms with E-state index in [1.54, 1.807) is 4.31 Å². The van der Waals surface area contributed by atoms with E-state index in [-0.39, 0.29) is 18.6 Å². The van der Waals surface area contributed by atoms with Gasteiger partial charge >= 0.3 is 5.97 Å². The Morgan fingerprint density at radius 1 is 1.26 bits per heavy atom. The normalized spacial score (nSPS) is 29.3. The number of carbonyl (C=O) groups is 1. The molecule has 0 aliphatic carbocycles. The van der Waals surface area contributed by atoms with Crippen LogP contribution in [0.3, 0.4) is 0 Å². The number of hydrogen-bond donors (Lipinski definition) is 1. The van der Waals surface area contributed by atoms with E-state index in [0.29, 0.717) is 25.2 Å². The quantitative estimate of drug-likeness (QED) is 0.790. The molecule has 2 aliphatic heterocycles.